The summed E-state index contributed by atoms with van der Waals surface area (Å²) in [5.74, 6) is 0.0693. The van der Waals surface area contributed by atoms with Crippen LogP contribution in [0.1, 0.15) is 16.1 Å². The first-order valence-corrected chi connectivity index (χ1v) is 9.67. The zero-order valence-corrected chi connectivity index (χ0v) is 16.3. The number of imidazole rings is 1. The molecule has 0 bridgehead atoms. The van der Waals surface area contributed by atoms with Gasteiger partial charge in [-0.3, -0.25) is 4.79 Å². The van der Waals surface area contributed by atoms with Crippen LogP contribution in [0, 0.1) is 5.82 Å². The van der Waals surface area contributed by atoms with Crippen molar-refractivity contribution in [1.82, 2.24) is 19.9 Å². The van der Waals surface area contributed by atoms with Crippen molar-refractivity contribution in [2.75, 3.05) is 7.11 Å². The summed E-state index contributed by atoms with van der Waals surface area (Å²) >= 11 is 1.39. The van der Waals surface area contributed by atoms with E-state index in [2.05, 4.69) is 15.3 Å². The number of nitrogens with one attached hydrogen (secondary N) is 1. The second-order valence-electron chi connectivity index (χ2n) is 6.20. The van der Waals surface area contributed by atoms with E-state index in [0.29, 0.717) is 16.9 Å². The Bertz CT molecular complexity index is 1120. The van der Waals surface area contributed by atoms with E-state index in [1.54, 1.807) is 41.6 Å². The van der Waals surface area contributed by atoms with Gasteiger partial charge < -0.3 is 14.6 Å². The quantitative estimate of drug-likeness (QED) is 0.522. The van der Waals surface area contributed by atoms with Crippen molar-refractivity contribution in [2.45, 2.75) is 6.54 Å². The van der Waals surface area contributed by atoms with E-state index in [1.807, 2.05) is 24.3 Å². The number of carbonyl (C=O) groups excluding carboxylic acids is 1. The first-order valence-electron chi connectivity index (χ1n) is 8.79. The molecule has 2 heterocycles. The van der Waals surface area contributed by atoms with Crippen molar-refractivity contribution in [1.29, 1.82) is 0 Å². The van der Waals surface area contributed by atoms with Gasteiger partial charge in [-0.2, -0.15) is 0 Å². The number of thiazole rings is 1. The summed E-state index contributed by atoms with van der Waals surface area (Å²) in [6, 6.07) is 12.3. The number of ether oxygens (including phenoxy) is 1. The van der Waals surface area contributed by atoms with Gasteiger partial charge in [-0.15, -0.1) is 11.3 Å². The molecule has 0 aliphatic carbocycles. The molecule has 1 amide bonds. The Labute approximate surface area is 170 Å². The van der Waals surface area contributed by atoms with Crippen LogP contribution in [0.2, 0.25) is 0 Å². The highest BCUT2D eigenvalue weighted by molar-refractivity contribution is 7.13. The summed E-state index contributed by atoms with van der Waals surface area (Å²) in [7, 11) is 1.61. The van der Waals surface area contributed by atoms with E-state index in [1.165, 1.54) is 23.7 Å². The van der Waals surface area contributed by atoms with Gasteiger partial charge in [-0.05, 0) is 42.0 Å². The minimum Gasteiger partial charge on any atom is -0.497 e. The second-order valence-corrected chi connectivity index (χ2v) is 7.06. The van der Waals surface area contributed by atoms with Crippen molar-refractivity contribution in [2.24, 2.45) is 0 Å². The van der Waals surface area contributed by atoms with E-state index in [0.717, 1.165) is 16.3 Å². The number of hydrogen-bond acceptors (Lipinski definition) is 5. The van der Waals surface area contributed by atoms with Crippen molar-refractivity contribution >= 4 is 17.2 Å². The van der Waals surface area contributed by atoms with Gasteiger partial charge in [-0.1, -0.05) is 6.07 Å². The van der Waals surface area contributed by atoms with Gasteiger partial charge in [0.05, 0.1) is 19.1 Å². The van der Waals surface area contributed by atoms with Crippen molar-refractivity contribution in [3.8, 4) is 22.0 Å². The topological polar surface area (TPSA) is 69.0 Å². The van der Waals surface area contributed by atoms with Crippen molar-refractivity contribution in [3.05, 3.63) is 83.6 Å². The summed E-state index contributed by atoms with van der Waals surface area (Å²) in [5, 5.41) is 5.23. The molecule has 2 aromatic heterocycles. The van der Waals surface area contributed by atoms with Gasteiger partial charge >= 0.3 is 0 Å². The third kappa shape index (κ3) is 4.17. The summed E-state index contributed by atoms with van der Waals surface area (Å²) in [6.07, 6.45) is 4.78. The molecule has 29 heavy (non-hydrogen) atoms. The maximum Gasteiger partial charge on any atom is 0.271 e. The van der Waals surface area contributed by atoms with Crippen LogP contribution in [0.3, 0.4) is 0 Å². The Kier molecular flexibility index (Phi) is 5.35. The highest BCUT2D eigenvalue weighted by Crippen LogP contribution is 2.25. The molecule has 0 aliphatic rings. The lowest BCUT2D eigenvalue weighted by atomic mass is 10.2. The summed E-state index contributed by atoms with van der Waals surface area (Å²) in [5.41, 5.74) is 2.30. The minimum atomic E-state index is -0.384. The lowest BCUT2D eigenvalue weighted by Crippen LogP contribution is -2.23. The molecule has 0 aliphatic heterocycles. The molecule has 0 fully saturated rings. The fraction of sp³-hybridized carbons (Fsp3) is 0.0952. The molecule has 2 aromatic carbocycles. The standard InChI is InChI=1S/C21H17FN4O2S/c1-28-16-5-3-15(4-6-16)21-25-18(12-29-21)20(27)24-11-14-2-7-19(17(22)10-14)26-9-8-23-13-26/h2-10,12-13H,11H2,1H3,(H,24,27). The fourth-order valence-electron chi connectivity index (χ4n) is 2.79. The Balaban J connectivity index is 1.41. The molecule has 4 aromatic rings. The monoisotopic (exact) mass is 408 g/mol. The molecule has 0 atom stereocenters. The van der Waals surface area contributed by atoms with Gasteiger partial charge in [0.25, 0.3) is 5.91 Å². The fourth-order valence-corrected chi connectivity index (χ4v) is 3.59. The van der Waals surface area contributed by atoms with Crippen LogP contribution < -0.4 is 10.1 Å². The third-order valence-electron chi connectivity index (χ3n) is 4.32. The third-order valence-corrected chi connectivity index (χ3v) is 5.21. The predicted molar refractivity (Wildman–Crippen MR) is 109 cm³/mol. The van der Waals surface area contributed by atoms with Gasteiger partial charge in [0.15, 0.2) is 0 Å². The molecule has 6 nitrogen and oxygen atoms in total. The maximum absolute atomic E-state index is 14.3. The van der Waals surface area contributed by atoms with Crippen LogP contribution in [-0.2, 0) is 6.54 Å². The number of methoxy groups -OCH3 is 1. The second kappa shape index (κ2) is 8.24. The van der Waals surface area contributed by atoms with E-state index in [9.17, 15) is 9.18 Å². The normalized spacial score (nSPS) is 10.7. The molecular weight excluding hydrogens is 391 g/mol. The van der Waals surface area contributed by atoms with Gasteiger partial charge in [0.2, 0.25) is 0 Å². The minimum absolute atomic E-state index is 0.204. The number of carbonyl (C=O) groups is 1. The number of hydrogen-bond donors (Lipinski definition) is 1. The van der Waals surface area contributed by atoms with E-state index >= 15 is 0 Å². The highest BCUT2D eigenvalue weighted by Gasteiger charge is 2.12. The number of rotatable bonds is 6. The van der Waals surface area contributed by atoms with E-state index in [-0.39, 0.29) is 18.3 Å². The van der Waals surface area contributed by atoms with Gasteiger partial charge in [0.1, 0.15) is 22.3 Å². The van der Waals surface area contributed by atoms with Crippen LogP contribution in [0.15, 0.2) is 66.6 Å². The largest absolute Gasteiger partial charge is 0.497 e. The number of nitrogens with zero attached hydrogens (tertiary/aromatic N) is 3. The van der Waals surface area contributed by atoms with E-state index in [4.69, 9.17) is 4.74 Å². The lowest BCUT2D eigenvalue weighted by molar-refractivity contribution is 0.0946. The lowest BCUT2D eigenvalue weighted by Gasteiger charge is -2.07. The highest BCUT2D eigenvalue weighted by atomic mass is 32.1. The first kappa shape index (κ1) is 18.8. The Morgan fingerprint density at radius 1 is 1.24 bits per heavy atom. The summed E-state index contributed by atoms with van der Waals surface area (Å²) < 4.78 is 21.1. The summed E-state index contributed by atoms with van der Waals surface area (Å²) in [4.78, 5) is 20.7. The zero-order valence-electron chi connectivity index (χ0n) is 15.5. The van der Waals surface area contributed by atoms with Crippen LogP contribution in [0.5, 0.6) is 5.75 Å². The molecule has 0 saturated heterocycles. The molecule has 0 unspecified atom stereocenters. The Hall–Kier alpha value is -3.52. The number of benzene rings is 2. The molecule has 1 N–H and O–H groups in total. The number of aromatic nitrogens is 3. The van der Waals surface area contributed by atoms with Crippen molar-refractivity contribution in [3.63, 3.8) is 0 Å². The molecule has 0 spiro atoms. The van der Waals surface area contributed by atoms with Crippen LogP contribution in [0.4, 0.5) is 4.39 Å². The molecule has 0 saturated carbocycles. The predicted octanol–water partition coefficient (Wildman–Crippen LogP) is 4.07. The number of amides is 1. The first-order chi connectivity index (χ1) is 14.1. The zero-order chi connectivity index (χ0) is 20.2. The SMILES string of the molecule is COc1ccc(-c2nc(C(=O)NCc3ccc(-n4ccnc4)c(F)c3)cs2)cc1. The molecule has 8 heteroatoms. The molecule has 146 valence electrons. The summed E-state index contributed by atoms with van der Waals surface area (Å²) in [6.45, 7) is 0.204. The van der Waals surface area contributed by atoms with E-state index < -0.39 is 0 Å². The average Bonchev–Trinajstić information content (AvgIpc) is 3.44. The smallest absolute Gasteiger partial charge is 0.271 e. The molecular formula is C21H17FN4O2S. The molecule has 4 rings (SSSR count). The van der Waals surface area contributed by atoms with Crippen molar-refractivity contribution < 1.29 is 13.9 Å². The van der Waals surface area contributed by atoms with Gasteiger partial charge in [0, 0.05) is 29.9 Å². The molecule has 0 radical (unpaired) electrons. The van der Waals surface area contributed by atoms with Crippen LogP contribution in [0.25, 0.3) is 16.3 Å². The van der Waals surface area contributed by atoms with Gasteiger partial charge in [-0.25, -0.2) is 14.4 Å². The van der Waals surface area contributed by atoms with Crippen LogP contribution in [-0.4, -0.2) is 27.6 Å². The Morgan fingerprint density at radius 3 is 2.76 bits per heavy atom. The Morgan fingerprint density at radius 2 is 2.07 bits per heavy atom. The number of halogens is 1. The maximum atomic E-state index is 14.3. The average molecular weight is 408 g/mol. The van der Waals surface area contributed by atoms with Crippen LogP contribution >= 0.6 is 11.3 Å².